The number of carbonyl (C=O) groups is 2. The summed E-state index contributed by atoms with van der Waals surface area (Å²) in [4.78, 5) is 27.8. The van der Waals surface area contributed by atoms with Gasteiger partial charge in [-0.15, -0.1) is 11.3 Å². The van der Waals surface area contributed by atoms with Crippen molar-refractivity contribution in [1.29, 1.82) is 0 Å². The SMILES string of the molecule is CCC1(CC)CC(=O)N(Cc2ccc(C#CCO)s2)C1=O. The molecule has 2 rings (SSSR count). The lowest BCUT2D eigenvalue weighted by molar-refractivity contribution is -0.142. The van der Waals surface area contributed by atoms with Crippen LogP contribution in [0.15, 0.2) is 12.1 Å². The minimum absolute atomic E-state index is 0.0473. The minimum Gasteiger partial charge on any atom is -0.384 e. The van der Waals surface area contributed by atoms with Gasteiger partial charge in [0.15, 0.2) is 0 Å². The van der Waals surface area contributed by atoms with Crippen LogP contribution in [-0.2, 0) is 16.1 Å². The number of aliphatic hydroxyl groups excluding tert-OH is 1. The summed E-state index contributed by atoms with van der Waals surface area (Å²) < 4.78 is 0. The molecule has 0 saturated carbocycles. The molecule has 1 saturated heterocycles. The standard InChI is InChI=1S/C16H19NO3S/c1-3-16(4-2)10-14(19)17(15(16)20)11-13-8-7-12(21-13)6-5-9-18/h7-8,18H,3-4,9-11H2,1-2H3. The smallest absolute Gasteiger partial charge is 0.236 e. The van der Waals surface area contributed by atoms with E-state index >= 15 is 0 Å². The predicted molar refractivity (Wildman–Crippen MR) is 81.5 cm³/mol. The van der Waals surface area contributed by atoms with Gasteiger partial charge in [-0.05, 0) is 25.0 Å². The first-order valence-corrected chi connectivity index (χ1v) is 7.91. The molecule has 4 nitrogen and oxygen atoms in total. The highest BCUT2D eigenvalue weighted by Gasteiger charge is 2.48. The Hall–Kier alpha value is -1.64. The summed E-state index contributed by atoms with van der Waals surface area (Å²) in [5.74, 6) is 5.29. The summed E-state index contributed by atoms with van der Waals surface area (Å²) in [6.07, 6.45) is 1.71. The molecule has 0 aliphatic carbocycles. The topological polar surface area (TPSA) is 57.6 Å². The third-order valence-electron chi connectivity index (χ3n) is 4.11. The third kappa shape index (κ3) is 3.02. The summed E-state index contributed by atoms with van der Waals surface area (Å²) >= 11 is 1.45. The molecular formula is C16H19NO3S. The van der Waals surface area contributed by atoms with Gasteiger partial charge >= 0.3 is 0 Å². The molecule has 0 atom stereocenters. The van der Waals surface area contributed by atoms with Crippen molar-refractivity contribution in [2.45, 2.75) is 39.7 Å². The van der Waals surface area contributed by atoms with Crippen molar-refractivity contribution in [2.24, 2.45) is 5.41 Å². The lowest BCUT2D eigenvalue weighted by Crippen LogP contribution is -2.34. The average Bonchev–Trinajstić information content (AvgIpc) is 3.03. The van der Waals surface area contributed by atoms with E-state index in [9.17, 15) is 9.59 Å². The minimum atomic E-state index is -0.506. The second-order valence-corrected chi connectivity index (χ2v) is 6.34. The van der Waals surface area contributed by atoms with E-state index in [2.05, 4.69) is 11.8 Å². The number of nitrogens with zero attached hydrogens (tertiary/aromatic N) is 1. The van der Waals surface area contributed by atoms with Gasteiger partial charge in [-0.3, -0.25) is 14.5 Å². The number of thiophene rings is 1. The van der Waals surface area contributed by atoms with Crippen LogP contribution in [0.1, 0.15) is 42.9 Å². The molecule has 0 spiro atoms. The van der Waals surface area contributed by atoms with Crippen LogP contribution in [0.4, 0.5) is 0 Å². The predicted octanol–water partition coefficient (Wildman–Crippen LogP) is 2.16. The molecule has 2 heterocycles. The van der Waals surface area contributed by atoms with E-state index < -0.39 is 5.41 Å². The second kappa shape index (κ2) is 6.42. The lowest BCUT2D eigenvalue weighted by atomic mass is 9.81. The Kier molecular flexibility index (Phi) is 4.81. The van der Waals surface area contributed by atoms with Crippen LogP contribution in [0.5, 0.6) is 0 Å². The van der Waals surface area contributed by atoms with Crippen LogP contribution in [0, 0.1) is 17.3 Å². The van der Waals surface area contributed by atoms with Crippen LogP contribution in [-0.4, -0.2) is 28.4 Å². The number of aliphatic hydroxyl groups is 1. The van der Waals surface area contributed by atoms with E-state index in [0.717, 1.165) is 9.75 Å². The number of carbonyl (C=O) groups excluding carboxylic acids is 2. The van der Waals surface area contributed by atoms with Crippen molar-refractivity contribution in [3.05, 3.63) is 21.9 Å². The zero-order valence-corrected chi connectivity index (χ0v) is 13.1. The first kappa shape index (κ1) is 15.7. The van der Waals surface area contributed by atoms with E-state index in [0.29, 0.717) is 25.8 Å². The summed E-state index contributed by atoms with van der Waals surface area (Å²) in [6.45, 7) is 4.08. The van der Waals surface area contributed by atoms with E-state index in [1.165, 1.54) is 16.2 Å². The van der Waals surface area contributed by atoms with Crippen molar-refractivity contribution in [3.63, 3.8) is 0 Å². The maximum absolute atomic E-state index is 12.5. The van der Waals surface area contributed by atoms with Gasteiger partial charge in [-0.2, -0.15) is 0 Å². The Morgan fingerprint density at radius 1 is 1.33 bits per heavy atom. The average molecular weight is 305 g/mol. The van der Waals surface area contributed by atoms with Crippen LogP contribution in [0.25, 0.3) is 0 Å². The van der Waals surface area contributed by atoms with Gasteiger partial charge in [0.05, 0.1) is 16.8 Å². The monoisotopic (exact) mass is 305 g/mol. The number of likely N-dealkylation sites (tertiary alicyclic amines) is 1. The van der Waals surface area contributed by atoms with E-state index in [4.69, 9.17) is 5.11 Å². The molecule has 2 amide bonds. The van der Waals surface area contributed by atoms with Crippen LogP contribution in [0.2, 0.25) is 0 Å². The molecule has 1 N–H and O–H groups in total. The highest BCUT2D eigenvalue weighted by atomic mass is 32.1. The Balaban J connectivity index is 2.14. The molecule has 5 heteroatoms. The molecule has 112 valence electrons. The summed E-state index contributed by atoms with van der Waals surface area (Å²) in [6, 6.07) is 3.73. The number of rotatable bonds is 4. The first-order valence-electron chi connectivity index (χ1n) is 7.09. The summed E-state index contributed by atoms with van der Waals surface area (Å²) in [5.41, 5.74) is -0.506. The van der Waals surface area contributed by atoms with Crippen LogP contribution < -0.4 is 0 Å². The highest BCUT2D eigenvalue weighted by Crippen LogP contribution is 2.40. The lowest BCUT2D eigenvalue weighted by Gasteiger charge is -2.23. The molecule has 21 heavy (non-hydrogen) atoms. The number of hydrogen-bond donors (Lipinski definition) is 1. The summed E-state index contributed by atoms with van der Waals surface area (Å²) in [5, 5.41) is 8.68. The van der Waals surface area contributed by atoms with Gasteiger partial charge in [0, 0.05) is 11.3 Å². The molecule has 0 unspecified atom stereocenters. The largest absolute Gasteiger partial charge is 0.384 e. The van der Waals surface area contributed by atoms with E-state index in [-0.39, 0.29) is 18.4 Å². The fourth-order valence-corrected chi connectivity index (χ4v) is 3.51. The van der Waals surface area contributed by atoms with Crippen molar-refractivity contribution >= 4 is 23.2 Å². The molecule has 1 fully saturated rings. The maximum Gasteiger partial charge on any atom is 0.236 e. The van der Waals surface area contributed by atoms with Gasteiger partial charge in [-0.1, -0.05) is 25.7 Å². The Bertz CT molecular complexity index is 605. The Labute approximate surface area is 128 Å². The molecule has 0 aromatic carbocycles. The fourth-order valence-electron chi connectivity index (χ4n) is 2.64. The van der Waals surface area contributed by atoms with E-state index in [1.807, 2.05) is 26.0 Å². The molecule has 1 aliphatic rings. The molecular weight excluding hydrogens is 286 g/mol. The van der Waals surface area contributed by atoms with Gasteiger partial charge in [-0.25, -0.2) is 0 Å². The van der Waals surface area contributed by atoms with Crippen molar-refractivity contribution < 1.29 is 14.7 Å². The first-order chi connectivity index (χ1) is 10.1. The molecule has 1 aromatic rings. The zero-order chi connectivity index (χ0) is 15.5. The van der Waals surface area contributed by atoms with Gasteiger partial charge in [0.2, 0.25) is 11.8 Å². The Morgan fingerprint density at radius 2 is 2.05 bits per heavy atom. The Morgan fingerprint density at radius 3 is 2.62 bits per heavy atom. The zero-order valence-electron chi connectivity index (χ0n) is 12.3. The highest BCUT2D eigenvalue weighted by molar-refractivity contribution is 7.12. The molecule has 1 aliphatic heterocycles. The molecule has 1 aromatic heterocycles. The van der Waals surface area contributed by atoms with Crippen LogP contribution >= 0.6 is 11.3 Å². The number of amides is 2. The van der Waals surface area contributed by atoms with Crippen molar-refractivity contribution in [1.82, 2.24) is 4.90 Å². The summed E-state index contributed by atoms with van der Waals surface area (Å²) in [7, 11) is 0. The van der Waals surface area contributed by atoms with Gasteiger partial charge in [0.1, 0.15) is 6.61 Å². The van der Waals surface area contributed by atoms with Crippen molar-refractivity contribution in [2.75, 3.05) is 6.61 Å². The maximum atomic E-state index is 12.5. The van der Waals surface area contributed by atoms with Gasteiger partial charge in [0.25, 0.3) is 0 Å². The van der Waals surface area contributed by atoms with Gasteiger partial charge < -0.3 is 5.11 Å². The molecule has 0 bridgehead atoms. The third-order valence-corrected chi connectivity index (χ3v) is 5.09. The quantitative estimate of drug-likeness (QED) is 0.685. The normalized spacial score (nSPS) is 17.0. The van der Waals surface area contributed by atoms with E-state index in [1.54, 1.807) is 0 Å². The molecule has 0 radical (unpaired) electrons. The van der Waals surface area contributed by atoms with Crippen LogP contribution in [0.3, 0.4) is 0 Å². The number of imide groups is 1. The fraction of sp³-hybridized carbons (Fsp3) is 0.500. The number of hydrogen-bond acceptors (Lipinski definition) is 4. The second-order valence-electron chi connectivity index (χ2n) is 5.18. The van der Waals surface area contributed by atoms with Crippen molar-refractivity contribution in [3.8, 4) is 11.8 Å².